The van der Waals surface area contributed by atoms with Crippen molar-refractivity contribution in [1.82, 2.24) is 0 Å². The van der Waals surface area contributed by atoms with Crippen LogP contribution in [0.1, 0.15) is 52.4 Å². The molecule has 0 saturated heterocycles. The van der Waals surface area contributed by atoms with Gasteiger partial charge in [0.15, 0.2) is 0 Å². The summed E-state index contributed by atoms with van der Waals surface area (Å²) in [4.78, 5) is 0. The van der Waals surface area contributed by atoms with Gasteiger partial charge in [-0.1, -0.05) is 39.5 Å². The van der Waals surface area contributed by atoms with Crippen LogP contribution in [0.15, 0.2) is 0 Å². The quantitative estimate of drug-likeness (QED) is 0.755. The normalized spacial score (nSPS) is 25.7. The third-order valence-electron chi connectivity index (χ3n) is 3.97. The van der Waals surface area contributed by atoms with Gasteiger partial charge in [0.2, 0.25) is 0 Å². The van der Waals surface area contributed by atoms with E-state index in [2.05, 4.69) is 13.8 Å². The van der Waals surface area contributed by atoms with E-state index < -0.39 is 0 Å². The zero-order valence-electron chi connectivity index (χ0n) is 9.88. The molecule has 1 aliphatic rings. The molecule has 14 heavy (non-hydrogen) atoms. The lowest BCUT2D eigenvalue weighted by Gasteiger charge is -2.43. The highest BCUT2D eigenvalue weighted by atomic mass is 16.5. The molecule has 84 valence electrons. The van der Waals surface area contributed by atoms with Gasteiger partial charge in [-0.25, -0.2) is 0 Å². The Morgan fingerprint density at radius 3 is 2.29 bits per heavy atom. The molecule has 0 heterocycles. The van der Waals surface area contributed by atoms with Crippen LogP contribution >= 0.6 is 0 Å². The van der Waals surface area contributed by atoms with Crippen LogP contribution in [0.5, 0.6) is 0 Å². The lowest BCUT2D eigenvalue weighted by atomic mass is 9.75. The molecule has 1 fully saturated rings. The predicted molar refractivity (Wildman–Crippen MR) is 60.3 cm³/mol. The second kappa shape index (κ2) is 5.13. The van der Waals surface area contributed by atoms with Crippen LogP contribution in [-0.2, 0) is 4.74 Å². The number of nitrogens with two attached hydrogens (primary N) is 1. The molecule has 1 rings (SSSR count). The van der Waals surface area contributed by atoms with Gasteiger partial charge >= 0.3 is 0 Å². The SMILES string of the molecule is CCC(C)C(N)C1(OC)CCCCC1. The Kier molecular flexibility index (Phi) is 4.39. The molecule has 1 aliphatic carbocycles. The van der Waals surface area contributed by atoms with Gasteiger partial charge in [-0.15, -0.1) is 0 Å². The van der Waals surface area contributed by atoms with Crippen LogP contribution in [0.3, 0.4) is 0 Å². The molecular weight excluding hydrogens is 174 g/mol. The van der Waals surface area contributed by atoms with Gasteiger partial charge in [-0.05, 0) is 18.8 Å². The molecule has 1 saturated carbocycles. The topological polar surface area (TPSA) is 35.2 Å². The molecule has 2 atom stereocenters. The summed E-state index contributed by atoms with van der Waals surface area (Å²) in [5.74, 6) is 0.563. The Morgan fingerprint density at radius 2 is 1.86 bits per heavy atom. The number of hydrogen-bond acceptors (Lipinski definition) is 2. The van der Waals surface area contributed by atoms with Crippen LogP contribution in [0.4, 0.5) is 0 Å². The zero-order valence-corrected chi connectivity index (χ0v) is 9.88. The van der Waals surface area contributed by atoms with Gasteiger partial charge in [0.05, 0.1) is 5.60 Å². The van der Waals surface area contributed by atoms with Crippen LogP contribution < -0.4 is 5.73 Å². The van der Waals surface area contributed by atoms with E-state index in [-0.39, 0.29) is 11.6 Å². The highest BCUT2D eigenvalue weighted by Gasteiger charge is 2.39. The van der Waals surface area contributed by atoms with Crippen molar-refractivity contribution in [1.29, 1.82) is 0 Å². The van der Waals surface area contributed by atoms with Crippen molar-refractivity contribution in [2.45, 2.75) is 64.0 Å². The number of rotatable bonds is 4. The lowest BCUT2D eigenvalue weighted by molar-refractivity contribution is -0.0701. The second-order valence-electron chi connectivity index (χ2n) is 4.74. The van der Waals surface area contributed by atoms with Gasteiger partial charge < -0.3 is 10.5 Å². The lowest BCUT2D eigenvalue weighted by Crippen LogP contribution is -2.53. The summed E-state index contributed by atoms with van der Waals surface area (Å²) in [6, 6.07) is 0.206. The zero-order chi connectivity index (χ0) is 10.6. The maximum absolute atomic E-state index is 6.32. The fourth-order valence-electron chi connectivity index (χ4n) is 2.60. The van der Waals surface area contributed by atoms with Gasteiger partial charge in [0.1, 0.15) is 0 Å². The number of methoxy groups -OCH3 is 1. The van der Waals surface area contributed by atoms with Gasteiger partial charge in [-0.2, -0.15) is 0 Å². The molecule has 0 aliphatic heterocycles. The average Bonchev–Trinajstić information content (AvgIpc) is 2.28. The van der Waals surface area contributed by atoms with E-state index in [9.17, 15) is 0 Å². The molecule has 0 amide bonds. The molecule has 0 aromatic carbocycles. The van der Waals surface area contributed by atoms with Crippen molar-refractivity contribution in [3.05, 3.63) is 0 Å². The molecule has 0 aromatic rings. The summed E-state index contributed by atoms with van der Waals surface area (Å²) in [7, 11) is 1.83. The molecule has 2 unspecified atom stereocenters. The van der Waals surface area contributed by atoms with E-state index in [0.29, 0.717) is 5.92 Å². The van der Waals surface area contributed by atoms with E-state index in [1.807, 2.05) is 7.11 Å². The molecule has 0 spiro atoms. The third kappa shape index (κ3) is 2.29. The van der Waals surface area contributed by atoms with Crippen LogP contribution in [0, 0.1) is 5.92 Å². The van der Waals surface area contributed by atoms with Gasteiger partial charge in [0.25, 0.3) is 0 Å². The summed E-state index contributed by atoms with van der Waals surface area (Å²) in [6.07, 6.45) is 7.34. The van der Waals surface area contributed by atoms with E-state index in [4.69, 9.17) is 10.5 Å². The Bertz CT molecular complexity index is 164. The fraction of sp³-hybridized carbons (Fsp3) is 1.00. The minimum Gasteiger partial charge on any atom is -0.377 e. The minimum atomic E-state index is -0.0202. The van der Waals surface area contributed by atoms with Gasteiger partial charge in [-0.3, -0.25) is 0 Å². The Balaban J connectivity index is 2.66. The predicted octanol–water partition coefficient (Wildman–Crippen LogP) is 2.71. The first-order chi connectivity index (χ1) is 6.66. The summed E-state index contributed by atoms with van der Waals surface area (Å²) < 4.78 is 5.74. The summed E-state index contributed by atoms with van der Waals surface area (Å²) in [5.41, 5.74) is 6.30. The second-order valence-corrected chi connectivity index (χ2v) is 4.74. The van der Waals surface area contributed by atoms with E-state index in [1.54, 1.807) is 0 Å². The van der Waals surface area contributed by atoms with E-state index >= 15 is 0 Å². The molecule has 0 bridgehead atoms. The minimum absolute atomic E-state index is 0.0202. The fourth-order valence-corrected chi connectivity index (χ4v) is 2.60. The van der Waals surface area contributed by atoms with E-state index in [0.717, 1.165) is 19.3 Å². The van der Waals surface area contributed by atoms with Crippen LogP contribution in [0.2, 0.25) is 0 Å². The monoisotopic (exact) mass is 199 g/mol. The highest BCUT2D eigenvalue weighted by Crippen LogP contribution is 2.36. The molecule has 2 nitrogen and oxygen atoms in total. The van der Waals surface area contributed by atoms with E-state index in [1.165, 1.54) is 19.3 Å². The van der Waals surface area contributed by atoms with Crippen molar-refractivity contribution in [2.24, 2.45) is 11.7 Å². The summed E-state index contributed by atoms with van der Waals surface area (Å²) in [5, 5.41) is 0. The smallest absolute Gasteiger partial charge is 0.0831 e. The third-order valence-corrected chi connectivity index (χ3v) is 3.97. The molecule has 2 heteroatoms. The highest BCUT2D eigenvalue weighted by molar-refractivity contribution is 4.95. The maximum atomic E-state index is 6.32. The molecule has 0 radical (unpaired) electrons. The largest absolute Gasteiger partial charge is 0.377 e. The Hall–Kier alpha value is -0.0800. The van der Waals surface area contributed by atoms with Gasteiger partial charge in [0, 0.05) is 13.2 Å². The van der Waals surface area contributed by atoms with Crippen LogP contribution in [0.25, 0.3) is 0 Å². The van der Waals surface area contributed by atoms with Crippen molar-refractivity contribution in [3.63, 3.8) is 0 Å². The van der Waals surface area contributed by atoms with Crippen molar-refractivity contribution < 1.29 is 4.74 Å². The average molecular weight is 199 g/mol. The molecular formula is C12H25NO. The molecule has 2 N–H and O–H groups in total. The standard InChI is InChI=1S/C12H25NO/c1-4-10(2)11(13)12(14-3)8-6-5-7-9-12/h10-11H,4-9,13H2,1-3H3. The van der Waals surface area contributed by atoms with Crippen LogP contribution in [-0.4, -0.2) is 18.8 Å². The Labute approximate surface area is 88.2 Å². The maximum Gasteiger partial charge on any atom is 0.0831 e. The number of hydrogen-bond donors (Lipinski definition) is 1. The van der Waals surface area contributed by atoms with Crippen molar-refractivity contribution in [3.8, 4) is 0 Å². The Morgan fingerprint density at radius 1 is 1.29 bits per heavy atom. The summed E-state index contributed by atoms with van der Waals surface area (Å²) >= 11 is 0. The van der Waals surface area contributed by atoms with Crippen molar-refractivity contribution >= 4 is 0 Å². The van der Waals surface area contributed by atoms with Crippen molar-refractivity contribution in [2.75, 3.05) is 7.11 Å². The first-order valence-electron chi connectivity index (χ1n) is 5.97. The number of ether oxygens (including phenoxy) is 1. The molecule has 0 aromatic heterocycles. The summed E-state index contributed by atoms with van der Waals surface area (Å²) in [6.45, 7) is 4.44. The first kappa shape index (κ1) is 12.0. The first-order valence-corrected chi connectivity index (χ1v) is 5.97.